The lowest BCUT2D eigenvalue weighted by molar-refractivity contribution is -0.143. The summed E-state index contributed by atoms with van der Waals surface area (Å²) in [6.07, 6.45) is 4.90. The highest BCUT2D eigenvalue weighted by atomic mass is 16.5. The van der Waals surface area contributed by atoms with Gasteiger partial charge in [-0.3, -0.25) is 9.59 Å². The van der Waals surface area contributed by atoms with Gasteiger partial charge in [0.1, 0.15) is 6.54 Å². The number of nitrogens with one attached hydrogen (secondary N) is 1. The summed E-state index contributed by atoms with van der Waals surface area (Å²) < 4.78 is 4.92. The Morgan fingerprint density at radius 3 is 2.68 bits per heavy atom. The van der Waals surface area contributed by atoms with Crippen LogP contribution in [0.15, 0.2) is 36.4 Å². The number of amides is 1. The van der Waals surface area contributed by atoms with Gasteiger partial charge in [-0.05, 0) is 18.1 Å². The van der Waals surface area contributed by atoms with Crippen molar-refractivity contribution in [2.45, 2.75) is 19.8 Å². The van der Waals surface area contributed by atoms with Gasteiger partial charge in [0.25, 0.3) is 0 Å². The second kappa shape index (κ2) is 8.91. The summed E-state index contributed by atoms with van der Waals surface area (Å²) in [5.74, 6) is -0.716. The molecule has 0 fully saturated rings. The van der Waals surface area contributed by atoms with E-state index in [2.05, 4.69) is 5.32 Å². The third kappa shape index (κ3) is 7.03. The van der Waals surface area contributed by atoms with Crippen LogP contribution in [0.3, 0.4) is 0 Å². The van der Waals surface area contributed by atoms with Crippen LogP contribution < -0.4 is 5.32 Å². The standard InChI is InChI=1S/C15H19NO3/c1-2-3-11-19-15(18)12-16-14(17)10-9-13-7-5-4-6-8-13/h4-10H,2-3,11-12H2,1H3,(H,16,17)/b10-9+. The van der Waals surface area contributed by atoms with Crippen LogP contribution >= 0.6 is 0 Å². The fourth-order valence-electron chi connectivity index (χ4n) is 1.34. The van der Waals surface area contributed by atoms with E-state index in [0.29, 0.717) is 6.61 Å². The van der Waals surface area contributed by atoms with Gasteiger partial charge in [-0.1, -0.05) is 43.7 Å². The normalized spacial score (nSPS) is 10.4. The van der Waals surface area contributed by atoms with Crippen molar-refractivity contribution in [1.82, 2.24) is 5.32 Å². The van der Waals surface area contributed by atoms with Gasteiger partial charge in [0.2, 0.25) is 5.91 Å². The minimum absolute atomic E-state index is 0.0956. The number of unbranched alkanes of at least 4 members (excludes halogenated alkanes) is 1. The first-order chi connectivity index (χ1) is 9.22. The Hall–Kier alpha value is -2.10. The summed E-state index contributed by atoms with van der Waals surface area (Å²) in [4.78, 5) is 22.7. The molecule has 0 heterocycles. The molecule has 0 aliphatic heterocycles. The van der Waals surface area contributed by atoms with Gasteiger partial charge >= 0.3 is 5.97 Å². The molecule has 102 valence electrons. The van der Waals surface area contributed by atoms with Crippen molar-refractivity contribution >= 4 is 18.0 Å². The van der Waals surface area contributed by atoms with Crippen molar-refractivity contribution in [1.29, 1.82) is 0 Å². The van der Waals surface area contributed by atoms with Crippen molar-refractivity contribution in [3.05, 3.63) is 42.0 Å². The second-order valence-corrected chi connectivity index (χ2v) is 4.04. The number of hydrogen-bond acceptors (Lipinski definition) is 3. The molecule has 1 aromatic rings. The molecule has 1 N–H and O–H groups in total. The van der Waals surface area contributed by atoms with E-state index >= 15 is 0 Å². The van der Waals surface area contributed by atoms with Crippen LogP contribution in [0.2, 0.25) is 0 Å². The Morgan fingerprint density at radius 1 is 1.26 bits per heavy atom. The zero-order chi connectivity index (χ0) is 13.9. The number of carbonyl (C=O) groups excluding carboxylic acids is 2. The molecular weight excluding hydrogens is 242 g/mol. The highest BCUT2D eigenvalue weighted by Crippen LogP contribution is 2.00. The fraction of sp³-hybridized carbons (Fsp3) is 0.333. The van der Waals surface area contributed by atoms with Crippen LogP contribution in [0.4, 0.5) is 0 Å². The molecule has 0 aromatic heterocycles. The number of rotatable bonds is 7. The Kier molecular flexibility index (Phi) is 7.02. The average Bonchev–Trinajstić information content (AvgIpc) is 2.44. The molecule has 1 aromatic carbocycles. The van der Waals surface area contributed by atoms with E-state index in [1.165, 1.54) is 6.08 Å². The summed E-state index contributed by atoms with van der Waals surface area (Å²) >= 11 is 0. The molecule has 0 aliphatic carbocycles. The first kappa shape index (κ1) is 15.0. The lowest BCUT2D eigenvalue weighted by Gasteiger charge is -2.03. The minimum atomic E-state index is -0.407. The topological polar surface area (TPSA) is 55.4 Å². The van der Waals surface area contributed by atoms with Gasteiger partial charge in [-0.2, -0.15) is 0 Å². The summed E-state index contributed by atoms with van der Waals surface area (Å²) in [6, 6.07) is 9.47. The van der Waals surface area contributed by atoms with Gasteiger partial charge in [-0.15, -0.1) is 0 Å². The minimum Gasteiger partial charge on any atom is -0.464 e. The van der Waals surface area contributed by atoms with E-state index in [4.69, 9.17) is 4.74 Å². The van der Waals surface area contributed by atoms with Crippen LogP contribution in [-0.2, 0) is 14.3 Å². The maximum atomic E-state index is 11.4. The van der Waals surface area contributed by atoms with E-state index in [0.717, 1.165) is 18.4 Å². The maximum absolute atomic E-state index is 11.4. The predicted molar refractivity (Wildman–Crippen MR) is 74.4 cm³/mol. The second-order valence-electron chi connectivity index (χ2n) is 4.04. The Bertz CT molecular complexity index is 426. The van der Waals surface area contributed by atoms with Crippen molar-refractivity contribution in [3.63, 3.8) is 0 Å². The molecule has 0 saturated heterocycles. The summed E-state index contributed by atoms with van der Waals surface area (Å²) in [7, 11) is 0. The SMILES string of the molecule is CCCCOC(=O)CNC(=O)/C=C/c1ccccc1. The Balaban J connectivity index is 2.24. The van der Waals surface area contributed by atoms with Crippen molar-refractivity contribution in [3.8, 4) is 0 Å². The van der Waals surface area contributed by atoms with Gasteiger partial charge < -0.3 is 10.1 Å². The predicted octanol–water partition coefficient (Wildman–Crippen LogP) is 2.16. The van der Waals surface area contributed by atoms with E-state index < -0.39 is 5.97 Å². The van der Waals surface area contributed by atoms with Gasteiger partial charge in [-0.25, -0.2) is 0 Å². The third-order valence-electron chi connectivity index (χ3n) is 2.39. The van der Waals surface area contributed by atoms with Crippen LogP contribution in [0.1, 0.15) is 25.3 Å². The van der Waals surface area contributed by atoms with E-state index in [1.54, 1.807) is 6.08 Å². The number of benzene rings is 1. The molecule has 0 atom stereocenters. The first-order valence-corrected chi connectivity index (χ1v) is 6.39. The zero-order valence-corrected chi connectivity index (χ0v) is 11.1. The fourth-order valence-corrected chi connectivity index (χ4v) is 1.34. The largest absolute Gasteiger partial charge is 0.464 e. The molecule has 0 unspecified atom stereocenters. The molecule has 1 amide bonds. The molecule has 4 heteroatoms. The van der Waals surface area contributed by atoms with Crippen LogP contribution in [0.5, 0.6) is 0 Å². The molecule has 0 aliphatic rings. The Morgan fingerprint density at radius 2 is 2.00 bits per heavy atom. The van der Waals surface area contributed by atoms with Crippen LogP contribution in [-0.4, -0.2) is 25.0 Å². The number of carbonyl (C=O) groups is 2. The van der Waals surface area contributed by atoms with Crippen molar-refractivity contribution in [2.24, 2.45) is 0 Å². The smallest absolute Gasteiger partial charge is 0.325 e. The monoisotopic (exact) mass is 261 g/mol. The highest BCUT2D eigenvalue weighted by molar-refractivity contribution is 5.93. The van der Waals surface area contributed by atoms with Gasteiger partial charge in [0.05, 0.1) is 6.61 Å². The number of ether oxygens (including phenoxy) is 1. The molecule has 0 bridgehead atoms. The summed E-state index contributed by atoms with van der Waals surface area (Å²) in [5, 5.41) is 2.48. The Labute approximate surface area is 113 Å². The number of hydrogen-bond donors (Lipinski definition) is 1. The van der Waals surface area contributed by atoms with Crippen molar-refractivity contribution in [2.75, 3.05) is 13.2 Å². The highest BCUT2D eigenvalue weighted by Gasteiger charge is 2.03. The molecule has 0 saturated carbocycles. The van der Waals surface area contributed by atoms with Crippen LogP contribution in [0.25, 0.3) is 6.08 Å². The summed E-state index contributed by atoms with van der Waals surface area (Å²) in [6.45, 7) is 2.33. The van der Waals surface area contributed by atoms with Crippen molar-refractivity contribution < 1.29 is 14.3 Å². The molecule has 4 nitrogen and oxygen atoms in total. The number of esters is 1. The van der Waals surface area contributed by atoms with Gasteiger partial charge in [0.15, 0.2) is 0 Å². The lowest BCUT2D eigenvalue weighted by atomic mass is 10.2. The van der Waals surface area contributed by atoms with Crippen LogP contribution in [0, 0.1) is 0 Å². The third-order valence-corrected chi connectivity index (χ3v) is 2.39. The quantitative estimate of drug-likeness (QED) is 0.465. The van der Waals surface area contributed by atoms with E-state index in [1.807, 2.05) is 37.3 Å². The average molecular weight is 261 g/mol. The first-order valence-electron chi connectivity index (χ1n) is 6.39. The van der Waals surface area contributed by atoms with E-state index in [-0.39, 0.29) is 12.5 Å². The molecule has 19 heavy (non-hydrogen) atoms. The van der Waals surface area contributed by atoms with E-state index in [9.17, 15) is 9.59 Å². The zero-order valence-electron chi connectivity index (χ0n) is 11.1. The lowest BCUT2D eigenvalue weighted by Crippen LogP contribution is -2.29. The molecule has 0 spiro atoms. The summed E-state index contributed by atoms with van der Waals surface area (Å²) in [5.41, 5.74) is 0.933. The maximum Gasteiger partial charge on any atom is 0.325 e. The molecule has 1 rings (SSSR count). The van der Waals surface area contributed by atoms with Gasteiger partial charge in [0, 0.05) is 6.08 Å². The molecular formula is C15H19NO3. The molecule has 0 radical (unpaired) electrons.